The van der Waals surface area contributed by atoms with Gasteiger partial charge in [0.05, 0.1) is 36.4 Å². The van der Waals surface area contributed by atoms with Crippen molar-refractivity contribution in [1.82, 2.24) is 4.90 Å². The van der Waals surface area contributed by atoms with Gasteiger partial charge in [0.2, 0.25) is 15.9 Å². The van der Waals surface area contributed by atoms with Crippen molar-refractivity contribution in [3.63, 3.8) is 0 Å². The van der Waals surface area contributed by atoms with E-state index in [9.17, 15) is 18.0 Å². The number of carbonyl (C=O) groups is 2. The first-order valence-corrected chi connectivity index (χ1v) is 13.7. The van der Waals surface area contributed by atoms with Gasteiger partial charge in [-0.25, -0.2) is 8.42 Å². The topological polar surface area (TPSA) is 105 Å². The minimum Gasteiger partial charge on any atom is -0.489 e. The van der Waals surface area contributed by atoms with Crippen LogP contribution in [-0.4, -0.2) is 64.2 Å². The van der Waals surface area contributed by atoms with Crippen LogP contribution < -0.4 is 14.4 Å². The summed E-state index contributed by atoms with van der Waals surface area (Å²) in [6.07, 6.45) is 1.04. The highest BCUT2D eigenvalue weighted by Gasteiger charge is 2.24. The Morgan fingerprint density at radius 1 is 0.946 bits per heavy atom. The maximum atomic E-state index is 13.0. The molecule has 0 spiro atoms. The number of morpholine rings is 1. The van der Waals surface area contributed by atoms with Crippen LogP contribution in [0, 0.1) is 0 Å². The van der Waals surface area contributed by atoms with Gasteiger partial charge in [-0.2, -0.15) is 0 Å². The maximum absolute atomic E-state index is 13.0. The highest BCUT2D eigenvalue weighted by atomic mass is 32.2. The summed E-state index contributed by atoms with van der Waals surface area (Å²) in [6.45, 7) is 1.77. The number of nitrogens with zero attached hydrogens (tertiary/aromatic N) is 2. The molecule has 0 aliphatic carbocycles. The number of anilines is 2. The number of benzene rings is 3. The van der Waals surface area contributed by atoms with Crippen molar-refractivity contribution >= 4 is 33.2 Å². The molecule has 1 aliphatic rings. The standard InChI is InChI=1S/C27H29N3O6S/c1-37(33,34)30(22-11-13-23(14-12-22)36-20-21-7-3-2-4-8-21)19-26(31)28-25-10-6-5-9-24(25)27(32)29-15-17-35-18-16-29/h2-14H,15-20H2,1H3,(H,28,31). The van der Waals surface area contributed by atoms with E-state index in [1.165, 1.54) is 0 Å². The number of rotatable bonds is 9. The molecule has 10 heteroatoms. The van der Waals surface area contributed by atoms with Gasteiger partial charge in [0.25, 0.3) is 5.91 Å². The first-order chi connectivity index (χ1) is 17.8. The predicted molar refractivity (Wildman–Crippen MR) is 141 cm³/mol. The Hall–Kier alpha value is -3.89. The third-order valence-corrected chi connectivity index (χ3v) is 6.93. The molecule has 1 aliphatic heterocycles. The van der Waals surface area contributed by atoms with E-state index in [-0.39, 0.29) is 5.91 Å². The lowest BCUT2D eigenvalue weighted by Crippen LogP contribution is -2.41. The van der Waals surface area contributed by atoms with Crippen LogP contribution in [0.4, 0.5) is 11.4 Å². The Labute approximate surface area is 216 Å². The minimum atomic E-state index is -3.77. The second-order valence-electron chi connectivity index (χ2n) is 8.54. The molecule has 0 saturated carbocycles. The van der Waals surface area contributed by atoms with E-state index >= 15 is 0 Å². The monoisotopic (exact) mass is 523 g/mol. The fraction of sp³-hybridized carbons (Fsp3) is 0.259. The van der Waals surface area contributed by atoms with Crippen LogP contribution in [0.1, 0.15) is 15.9 Å². The zero-order valence-corrected chi connectivity index (χ0v) is 21.3. The summed E-state index contributed by atoms with van der Waals surface area (Å²) in [6, 6.07) is 22.8. The van der Waals surface area contributed by atoms with Crippen LogP contribution in [0.3, 0.4) is 0 Å². The van der Waals surface area contributed by atoms with Gasteiger partial charge in [0, 0.05) is 13.1 Å². The van der Waals surface area contributed by atoms with Crippen molar-refractivity contribution in [2.75, 3.05) is 48.7 Å². The van der Waals surface area contributed by atoms with Gasteiger partial charge >= 0.3 is 0 Å². The number of para-hydroxylation sites is 1. The fourth-order valence-electron chi connectivity index (χ4n) is 3.89. The molecule has 9 nitrogen and oxygen atoms in total. The Bertz CT molecular complexity index is 1320. The molecule has 0 bridgehead atoms. The largest absolute Gasteiger partial charge is 0.489 e. The molecular formula is C27H29N3O6S. The molecule has 3 aromatic carbocycles. The van der Waals surface area contributed by atoms with Crippen molar-refractivity contribution in [2.45, 2.75) is 6.61 Å². The van der Waals surface area contributed by atoms with Crippen LogP contribution in [-0.2, 0) is 26.2 Å². The minimum absolute atomic E-state index is 0.217. The molecule has 0 atom stereocenters. The van der Waals surface area contributed by atoms with Crippen molar-refractivity contribution < 1.29 is 27.5 Å². The molecule has 0 unspecified atom stereocenters. The first-order valence-electron chi connectivity index (χ1n) is 11.8. The molecule has 1 saturated heterocycles. The lowest BCUT2D eigenvalue weighted by Gasteiger charge is -2.27. The molecule has 4 rings (SSSR count). The zero-order valence-electron chi connectivity index (χ0n) is 20.5. The molecule has 0 aromatic heterocycles. The van der Waals surface area contributed by atoms with E-state index in [0.717, 1.165) is 16.1 Å². The van der Waals surface area contributed by atoms with E-state index in [1.54, 1.807) is 53.4 Å². The van der Waals surface area contributed by atoms with Crippen molar-refractivity contribution in [2.24, 2.45) is 0 Å². The van der Waals surface area contributed by atoms with E-state index in [0.29, 0.717) is 55.6 Å². The van der Waals surface area contributed by atoms with Gasteiger partial charge < -0.3 is 19.7 Å². The molecule has 1 heterocycles. The Balaban J connectivity index is 1.44. The van der Waals surface area contributed by atoms with Crippen LogP contribution in [0.15, 0.2) is 78.9 Å². The Morgan fingerprint density at radius 2 is 1.59 bits per heavy atom. The molecule has 1 N–H and O–H groups in total. The summed E-state index contributed by atoms with van der Waals surface area (Å²) >= 11 is 0. The van der Waals surface area contributed by atoms with Crippen LogP contribution >= 0.6 is 0 Å². The second kappa shape index (κ2) is 11.9. The predicted octanol–water partition coefficient (Wildman–Crippen LogP) is 3.14. The molecule has 3 aromatic rings. The number of hydrogen-bond donors (Lipinski definition) is 1. The number of ether oxygens (including phenoxy) is 2. The van der Waals surface area contributed by atoms with Gasteiger partial charge in [0.1, 0.15) is 18.9 Å². The van der Waals surface area contributed by atoms with E-state index < -0.39 is 22.5 Å². The average Bonchev–Trinajstić information content (AvgIpc) is 2.91. The summed E-state index contributed by atoms with van der Waals surface area (Å²) in [5.74, 6) is -0.219. The van der Waals surface area contributed by atoms with E-state index in [4.69, 9.17) is 9.47 Å². The van der Waals surface area contributed by atoms with Crippen molar-refractivity contribution in [3.05, 3.63) is 90.0 Å². The summed E-state index contributed by atoms with van der Waals surface area (Å²) in [7, 11) is -3.77. The average molecular weight is 524 g/mol. The van der Waals surface area contributed by atoms with Crippen LogP contribution in [0.25, 0.3) is 0 Å². The second-order valence-corrected chi connectivity index (χ2v) is 10.4. The highest BCUT2D eigenvalue weighted by Crippen LogP contribution is 2.23. The zero-order chi connectivity index (χ0) is 26.3. The molecule has 194 valence electrons. The smallest absolute Gasteiger partial charge is 0.256 e. The van der Waals surface area contributed by atoms with Crippen LogP contribution in [0.2, 0.25) is 0 Å². The number of sulfonamides is 1. The Morgan fingerprint density at radius 3 is 2.27 bits per heavy atom. The molecule has 0 radical (unpaired) electrons. The van der Waals surface area contributed by atoms with Gasteiger partial charge in [-0.15, -0.1) is 0 Å². The molecule has 37 heavy (non-hydrogen) atoms. The van der Waals surface area contributed by atoms with Gasteiger partial charge in [-0.3, -0.25) is 13.9 Å². The third-order valence-electron chi connectivity index (χ3n) is 5.79. The summed E-state index contributed by atoms with van der Waals surface area (Å²) in [5, 5.41) is 2.70. The normalized spacial score (nSPS) is 13.6. The van der Waals surface area contributed by atoms with E-state index in [1.807, 2.05) is 30.3 Å². The van der Waals surface area contributed by atoms with Gasteiger partial charge in [-0.05, 0) is 42.0 Å². The fourth-order valence-corrected chi connectivity index (χ4v) is 4.74. The third kappa shape index (κ3) is 7.08. The number of hydrogen-bond acceptors (Lipinski definition) is 6. The first kappa shape index (κ1) is 26.2. The van der Waals surface area contributed by atoms with E-state index in [2.05, 4.69) is 5.32 Å². The van der Waals surface area contributed by atoms with Gasteiger partial charge in [-0.1, -0.05) is 42.5 Å². The number of amides is 2. The summed E-state index contributed by atoms with van der Waals surface area (Å²) in [4.78, 5) is 27.6. The summed E-state index contributed by atoms with van der Waals surface area (Å²) in [5.41, 5.74) is 1.99. The SMILES string of the molecule is CS(=O)(=O)N(CC(=O)Nc1ccccc1C(=O)N1CCOCC1)c1ccc(OCc2ccccc2)cc1. The van der Waals surface area contributed by atoms with Crippen molar-refractivity contribution in [3.8, 4) is 5.75 Å². The van der Waals surface area contributed by atoms with Crippen LogP contribution in [0.5, 0.6) is 5.75 Å². The Kier molecular flexibility index (Phi) is 8.42. The maximum Gasteiger partial charge on any atom is 0.256 e. The molecular weight excluding hydrogens is 494 g/mol. The molecule has 2 amide bonds. The lowest BCUT2D eigenvalue weighted by molar-refractivity contribution is -0.114. The number of nitrogens with one attached hydrogen (secondary N) is 1. The van der Waals surface area contributed by atoms with Crippen molar-refractivity contribution in [1.29, 1.82) is 0 Å². The number of carbonyl (C=O) groups excluding carboxylic acids is 2. The van der Waals surface area contributed by atoms with Gasteiger partial charge in [0.15, 0.2) is 0 Å². The lowest BCUT2D eigenvalue weighted by atomic mass is 10.1. The quantitative estimate of drug-likeness (QED) is 0.462. The molecule has 1 fully saturated rings. The summed E-state index contributed by atoms with van der Waals surface area (Å²) < 4.78 is 37.2. The highest BCUT2D eigenvalue weighted by molar-refractivity contribution is 7.92.